The van der Waals surface area contributed by atoms with Gasteiger partial charge in [-0.15, -0.1) is 0 Å². The van der Waals surface area contributed by atoms with E-state index in [-0.39, 0.29) is 35.2 Å². The molecule has 0 aliphatic heterocycles. The van der Waals surface area contributed by atoms with Crippen molar-refractivity contribution in [3.63, 3.8) is 0 Å². The van der Waals surface area contributed by atoms with Gasteiger partial charge in [0, 0.05) is 29.8 Å². The van der Waals surface area contributed by atoms with Crippen molar-refractivity contribution in [3.05, 3.63) is 74.8 Å². The van der Waals surface area contributed by atoms with Gasteiger partial charge in [-0.1, -0.05) is 13.8 Å². The molecule has 0 fully saturated rings. The Labute approximate surface area is 171 Å². The van der Waals surface area contributed by atoms with Gasteiger partial charge in [0.25, 0.3) is 11.2 Å². The first-order valence-electron chi connectivity index (χ1n) is 9.31. The Kier molecular flexibility index (Phi) is 6.01. The van der Waals surface area contributed by atoms with Gasteiger partial charge in [-0.25, -0.2) is 4.98 Å². The second kappa shape index (κ2) is 8.64. The highest BCUT2D eigenvalue weighted by Crippen LogP contribution is 2.16. The maximum Gasteiger partial charge on any atom is 0.270 e. The Morgan fingerprint density at radius 3 is 2.50 bits per heavy atom. The number of nitrogens with one attached hydrogen (secondary N) is 1. The number of Topliss-reactive ketones (excluding diaryl/α,β-unsaturated/α-hetero) is 1. The van der Waals surface area contributed by atoms with Crippen molar-refractivity contribution >= 4 is 34.0 Å². The monoisotopic (exact) mass is 408 g/mol. The Balaban J connectivity index is 1.78. The molecule has 0 unspecified atom stereocenters. The Morgan fingerprint density at radius 2 is 1.87 bits per heavy atom. The van der Waals surface area contributed by atoms with Crippen molar-refractivity contribution in [3.8, 4) is 0 Å². The molecule has 0 bridgehead atoms. The Morgan fingerprint density at radius 1 is 1.17 bits per heavy atom. The molecule has 9 heteroatoms. The normalized spacial score (nSPS) is 10.9. The fraction of sp³-hybridized carbons (Fsp3) is 0.238. The predicted molar refractivity (Wildman–Crippen MR) is 112 cm³/mol. The van der Waals surface area contributed by atoms with Crippen LogP contribution in [0, 0.1) is 16.0 Å². The predicted octanol–water partition coefficient (Wildman–Crippen LogP) is 3.17. The summed E-state index contributed by atoms with van der Waals surface area (Å²) in [6.07, 6.45) is 1.64. The van der Waals surface area contributed by atoms with E-state index in [1.807, 2.05) is 13.8 Å². The lowest BCUT2D eigenvalue weighted by Crippen LogP contribution is -2.24. The van der Waals surface area contributed by atoms with E-state index in [1.54, 1.807) is 24.3 Å². The molecular weight excluding hydrogens is 388 g/mol. The standard InChI is InChI=1S/C21H20N4O5/c1-13(2)9-20(27)23-15-5-3-14(4-6-15)19(26)11-24-12-22-18-8-7-16(25(29)30)10-17(18)21(24)28/h3-8,10,12-13H,9,11H2,1-2H3,(H,23,27). The lowest BCUT2D eigenvalue weighted by atomic mass is 10.1. The maximum atomic E-state index is 12.6. The molecule has 30 heavy (non-hydrogen) atoms. The van der Waals surface area contributed by atoms with Crippen molar-refractivity contribution in [1.82, 2.24) is 9.55 Å². The van der Waals surface area contributed by atoms with Crippen LogP contribution in [0.3, 0.4) is 0 Å². The van der Waals surface area contributed by atoms with Crippen molar-refractivity contribution in [2.24, 2.45) is 5.92 Å². The second-order valence-electron chi connectivity index (χ2n) is 7.28. The zero-order valence-electron chi connectivity index (χ0n) is 16.5. The van der Waals surface area contributed by atoms with Gasteiger partial charge in [-0.05, 0) is 36.2 Å². The number of carbonyl (C=O) groups excluding carboxylic acids is 2. The van der Waals surface area contributed by atoms with Crippen molar-refractivity contribution in [2.45, 2.75) is 26.8 Å². The zero-order chi connectivity index (χ0) is 21.8. The molecule has 1 N–H and O–H groups in total. The first-order chi connectivity index (χ1) is 14.2. The third-order valence-electron chi connectivity index (χ3n) is 4.42. The van der Waals surface area contributed by atoms with Crippen molar-refractivity contribution < 1.29 is 14.5 Å². The van der Waals surface area contributed by atoms with E-state index < -0.39 is 10.5 Å². The molecule has 9 nitrogen and oxygen atoms in total. The maximum absolute atomic E-state index is 12.6. The zero-order valence-corrected chi connectivity index (χ0v) is 16.5. The summed E-state index contributed by atoms with van der Waals surface area (Å²) >= 11 is 0. The molecule has 0 aliphatic rings. The molecule has 0 aliphatic carbocycles. The largest absolute Gasteiger partial charge is 0.326 e. The van der Waals surface area contributed by atoms with E-state index >= 15 is 0 Å². The summed E-state index contributed by atoms with van der Waals surface area (Å²) in [5.41, 5.74) is 0.503. The smallest absolute Gasteiger partial charge is 0.270 e. The average Bonchev–Trinajstić information content (AvgIpc) is 2.69. The summed E-state index contributed by atoms with van der Waals surface area (Å²) in [5.74, 6) is -0.197. The summed E-state index contributed by atoms with van der Waals surface area (Å²) in [6.45, 7) is 3.63. The number of non-ortho nitro benzene ring substituents is 1. The van der Waals surface area contributed by atoms with Gasteiger partial charge >= 0.3 is 0 Å². The van der Waals surface area contributed by atoms with Crippen molar-refractivity contribution in [2.75, 3.05) is 5.32 Å². The summed E-state index contributed by atoms with van der Waals surface area (Å²) in [4.78, 5) is 51.5. The molecule has 0 atom stereocenters. The number of rotatable bonds is 7. The summed E-state index contributed by atoms with van der Waals surface area (Å²) in [5, 5.41) is 13.8. The molecule has 1 heterocycles. The summed E-state index contributed by atoms with van der Waals surface area (Å²) in [6, 6.07) is 10.2. The topological polar surface area (TPSA) is 124 Å². The number of nitrogens with zero attached hydrogens (tertiary/aromatic N) is 3. The number of carbonyl (C=O) groups is 2. The van der Waals surface area contributed by atoms with Crippen LogP contribution in [0.25, 0.3) is 10.9 Å². The van der Waals surface area contributed by atoms with Gasteiger partial charge in [-0.3, -0.25) is 29.1 Å². The average molecular weight is 408 g/mol. The van der Waals surface area contributed by atoms with Crippen molar-refractivity contribution in [1.29, 1.82) is 0 Å². The van der Waals surface area contributed by atoms with Crippen LogP contribution in [-0.4, -0.2) is 26.2 Å². The fourth-order valence-electron chi connectivity index (χ4n) is 2.94. The molecule has 1 aromatic heterocycles. The third kappa shape index (κ3) is 4.75. The summed E-state index contributed by atoms with van der Waals surface area (Å²) in [7, 11) is 0. The van der Waals surface area contributed by atoms with Crippen LogP contribution in [0.15, 0.2) is 53.6 Å². The van der Waals surface area contributed by atoms with Crippen LogP contribution in [0.4, 0.5) is 11.4 Å². The number of nitro benzene ring substituents is 1. The van der Waals surface area contributed by atoms with Crippen LogP contribution in [0.5, 0.6) is 0 Å². The Bertz CT molecular complexity index is 1180. The van der Waals surface area contributed by atoms with Gasteiger partial charge in [0.05, 0.1) is 28.7 Å². The highest BCUT2D eigenvalue weighted by molar-refractivity contribution is 5.97. The SMILES string of the molecule is CC(C)CC(=O)Nc1ccc(C(=O)Cn2cnc3ccc([N+](=O)[O-])cc3c2=O)cc1. The van der Waals surface area contributed by atoms with E-state index in [2.05, 4.69) is 10.3 Å². The van der Waals surface area contributed by atoms with Crippen LogP contribution in [0.1, 0.15) is 30.6 Å². The highest BCUT2D eigenvalue weighted by atomic mass is 16.6. The van der Waals surface area contributed by atoms with E-state index in [9.17, 15) is 24.5 Å². The van der Waals surface area contributed by atoms with Crippen LogP contribution >= 0.6 is 0 Å². The van der Waals surface area contributed by atoms with Gasteiger partial charge in [0.2, 0.25) is 5.91 Å². The van der Waals surface area contributed by atoms with E-state index in [0.29, 0.717) is 23.2 Å². The number of benzene rings is 2. The first-order valence-corrected chi connectivity index (χ1v) is 9.31. The molecule has 0 spiro atoms. The molecule has 3 rings (SSSR count). The molecular formula is C21H20N4O5. The number of ketones is 1. The van der Waals surface area contributed by atoms with Crippen LogP contribution < -0.4 is 10.9 Å². The minimum atomic E-state index is -0.594. The minimum absolute atomic E-state index is 0.0720. The van der Waals surface area contributed by atoms with E-state index in [4.69, 9.17) is 0 Å². The highest BCUT2D eigenvalue weighted by Gasteiger charge is 2.14. The van der Waals surface area contributed by atoms with Gasteiger partial charge in [0.1, 0.15) is 0 Å². The molecule has 0 saturated carbocycles. The number of aromatic nitrogens is 2. The molecule has 0 saturated heterocycles. The number of fused-ring (bicyclic) bond motifs is 1. The van der Waals surface area contributed by atoms with Crippen LogP contribution in [0.2, 0.25) is 0 Å². The fourth-order valence-corrected chi connectivity index (χ4v) is 2.94. The number of nitro groups is 1. The minimum Gasteiger partial charge on any atom is -0.326 e. The van der Waals surface area contributed by atoms with Gasteiger partial charge < -0.3 is 5.32 Å². The first kappa shape index (κ1) is 20.8. The number of hydrogen-bond donors (Lipinski definition) is 1. The number of anilines is 1. The van der Waals surface area contributed by atoms with Crippen LogP contribution in [-0.2, 0) is 11.3 Å². The Hall–Kier alpha value is -3.88. The van der Waals surface area contributed by atoms with Gasteiger partial charge in [0.15, 0.2) is 5.78 Å². The third-order valence-corrected chi connectivity index (χ3v) is 4.42. The van der Waals surface area contributed by atoms with E-state index in [0.717, 1.165) is 10.6 Å². The quantitative estimate of drug-likeness (QED) is 0.364. The van der Waals surface area contributed by atoms with Gasteiger partial charge in [-0.2, -0.15) is 0 Å². The second-order valence-corrected chi connectivity index (χ2v) is 7.28. The lowest BCUT2D eigenvalue weighted by Gasteiger charge is -2.09. The molecule has 154 valence electrons. The molecule has 0 radical (unpaired) electrons. The lowest BCUT2D eigenvalue weighted by molar-refractivity contribution is -0.384. The number of hydrogen-bond acceptors (Lipinski definition) is 6. The molecule has 3 aromatic rings. The van der Waals surface area contributed by atoms with E-state index in [1.165, 1.54) is 18.5 Å². The molecule has 2 aromatic carbocycles. The molecule has 1 amide bonds. The number of amides is 1. The summed E-state index contributed by atoms with van der Waals surface area (Å²) < 4.78 is 1.12.